The molecule has 0 saturated heterocycles. The summed E-state index contributed by atoms with van der Waals surface area (Å²) in [6, 6.07) is 22.5. The highest BCUT2D eigenvalue weighted by atomic mass is 32.2. The van der Waals surface area contributed by atoms with Gasteiger partial charge >= 0.3 is 0 Å². The fourth-order valence-electron chi connectivity index (χ4n) is 3.57. The number of hydrogen-bond acceptors (Lipinski definition) is 4. The van der Waals surface area contributed by atoms with Crippen LogP contribution in [0.5, 0.6) is 0 Å². The van der Waals surface area contributed by atoms with E-state index in [0.717, 1.165) is 10.9 Å². The molecule has 1 aromatic heterocycles. The lowest BCUT2D eigenvalue weighted by Crippen LogP contribution is -2.31. The molecular weight excluding hydrogens is 451 g/mol. The first-order valence-electron chi connectivity index (χ1n) is 10.5. The quantitative estimate of drug-likeness (QED) is 0.382. The van der Waals surface area contributed by atoms with Gasteiger partial charge in [-0.15, -0.1) is 0 Å². The second-order valence-corrected chi connectivity index (χ2v) is 8.51. The Kier molecular flexibility index (Phi) is 5.97. The minimum absolute atomic E-state index is 0.0715. The number of H-pyrrole nitrogens is 1. The van der Waals surface area contributed by atoms with Gasteiger partial charge in [0, 0.05) is 17.4 Å². The number of halogens is 1. The number of thioether (sulfide) groups is 1. The molecular formula is C26H19FN4O2S. The number of rotatable bonds is 5. The first-order chi connectivity index (χ1) is 16.6. The highest BCUT2D eigenvalue weighted by Gasteiger charge is 2.32. The molecule has 5 rings (SSSR count). The van der Waals surface area contributed by atoms with Crippen molar-refractivity contribution < 1.29 is 14.0 Å². The van der Waals surface area contributed by atoms with Gasteiger partial charge in [-0.3, -0.25) is 14.5 Å². The van der Waals surface area contributed by atoms with Crippen molar-refractivity contribution >= 4 is 57.1 Å². The van der Waals surface area contributed by atoms with Gasteiger partial charge in [0.05, 0.1) is 11.4 Å². The van der Waals surface area contributed by atoms with E-state index in [2.05, 4.69) is 15.3 Å². The van der Waals surface area contributed by atoms with Gasteiger partial charge in [-0.25, -0.2) is 9.38 Å². The maximum atomic E-state index is 13.2. The van der Waals surface area contributed by atoms with E-state index < -0.39 is 0 Å². The average molecular weight is 471 g/mol. The zero-order valence-electron chi connectivity index (χ0n) is 17.9. The van der Waals surface area contributed by atoms with Crippen LogP contribution >= 0.6 is 11.8 Å². The number of amides is 2. The van der Waals surface area contributed by atoms with Crippen LogP contribution in [-0.2, 0) is 9.59 Å². The summed E-state index contributed by atoms with van der Waals surface area (Å²) in [7, 11) is 0. The molecule has 8 heteroatoms. The Hall–Kier alpha value is -4.17. The molecule has 0 radical (unpaired) electrons. The minimum atomic E-state index is -0.355. The third kappa shape index (κ3) is 4.62. The summed E-state index contributed by atoms with van der Waals surface area (Å²) in [5, 5.41) is 4.34. The molecule has 6 nitrogen and oxygen atoms in total. The van der Waals surface area contributed by atoms with E-state index in [4.69, 9.17) is 0 Å². The van der Waals surface area contributed by atoms with Crippen LogP contribution in [0.15, 0.2) is 95.7 Å². The van der Waals surface area contributed by atoms with E-state index in [-0.39, 0.29) is 29.1 Å². The van der Waals surface area contributed by atoms with Crippen LogP contribution in [0.2, 0.25) is 0 Å². The van der Waals surface area contributed by atoms with Crippen LogP contribution in [0.3, 0.4) is 0 Å². The number of hydrogen-bond donors (Lipinski definition) is 2. The topological polar surface area (TPSA) is 77.6 Å². The van der Waals surface area contributed by atoms with Crippen molar-refractivity contribution in [3.05, 3.63) is 102 Å². The molecule has 0 aliphatic carbocycles. The van der Waals surface area contributed by atoms with Crippen LogP contribution in [0.25, 0.3) is 17.0 Å². The van der Waals surface area contributed by atoms with E-state index >= 15 is 0 Å². The van der Waals surface area contributed by atoms with Crippen molar-refractivity contribution in [2.75, 3.05) is 16.0 Å². The molecule has 34 heavy (non-hydrogen) atoms. The Morgan fingerprint density at radius 1 is 1.06 bits per heavy atom. The molecule has 1 aliphatic rings. The first-order valence-corrected chi connectivity index (χ1v) is 11.5. The molecule has 0 saturated carbocycles. The summed E-state index contributed by atoms with van der Waals surface area (Å²) < 4.78 is 13.2. The molecule has 2 heterocycles. The fourth-order valence-corrected chi connectivity index (χ4v) is 4.38. The average Bonchev–Trinajstić information content (AvgIpc) is 3.43. The lowest BCUT2D eigenvalue weighted by molar-refractivity contribution is -0.114. The van der Waals surface area contributed by atoms with E-state index in [1.54, 1.807) is 30.3 Å². The van der Waals surface area contributed by atoms with Crippen molar-refractivity contribution in [3.63, 3.8) is 0 Å². The van der Waals surface area contributed by atoms with Gasteiger partial charge in [0.2, 0.25) is 5.91 Å². The molecule has 0 bridgehead atoms. The van der Waals surface area contributed by atoms with Crippen molar-refractivity contribution in [2.24, 2.45) is 4.99 Å². The van der Waals surface area contributed by atoms with Gasteiger partial charge in [0.15, 0.2) is 5.17 Å². The maximum absolute atomic E-state index is 13.2. The number of aliphatic imine (C=N–C) groups is 1. The number of aromatic amines is 1. The molecule has 4 aromatic rings. The first kappa shape index (κ1) is 21.7. The maximum Gasteiger partial charge on any atom is 0.283 e. The number of benzene rings is 3. The van der Waals surface area contributed by atoms with Crippen LogP contribution in [0, 0.1) is 5.82 Å². The van der Waals surface area contributed by atoms with E-state index in [0.29, 0.717) is 22.1 Å². The number of anilines is 2. The lowest BCUT2D eigenvalue weighted by Gasteiger charge is -2.17. The zero-order chi connectivity index (χ0) is 23.5. The molecule has 2 amide bonds. The third-order valence-corrected chi connectivity index (χ3v) is 6.13. The predicted octanol–water partition coefficient (Wildman–Crippen LogP) is 5.42. The number of para-hydroxylation sites is 1. The van der Waals surface area contributed by atoms with Gasteiger partial charge in [0.25, 0.3) is 5.91 Å². The Morgan fingerprint density at radius 3 is 2.65 bits per heavy atom. The number of aromatic nitrogens is 1. The molecule has 0 unspecified atom stereocenters. The Labute approximate surface area is 199 Å². The standard InChI is InChI=1S/C26H19FN4O2S/c27-19-9-6-17(7-10-19)14-23-25(33)31(21-4-2-1-3-5-21)26(30-23)34-16-24(32)29-20-11-8-18-12-13-28-22(18)15-20/h1-15,28H,16H2,(H,29,32)/b23-14-. The second-order valence-electron chi connectivity index (χ2n) is 7.57. The van der Waals surface area contributed by atoms with Gasteiger partial charge in [-0.2, -0.15) is 0 Å². The summed E-state index contributed by atoms with van der Waals surface area (Å²) in [6.07, 6.45) is 3.45. The van der Waals surface area contributed by atoms with Crippen LogP contribution < -0.4 is 10.2 Å². The van der Waals surface area contributed by atoms with Crippen molar-refractivity contribution in [1.82, 2.24) is 4.98 Å². The summed E-state index contributed by atoms with van der Waals surface area (Å²) in [6.45, 7) is 0. The van der Waals surface area contributed by atoms with E-state index in [1.807, 2.05) is 48.7 Å². The third-order valence-electron chi connectivity index (χ3n) is 5.19. The summed E-state index contributed by atoms with van der Waals surface area (Å²) in [5.74, 6) is -0.806. The number of fused-ring (bicyclic) bond motifs is 1. The zero-order valence-corrected chi connectivity index (χ0v) is 18.7. The van der Waals surface area contributed by atoms with Crippen LogP contribution in [0.1, 0.15) is 5.56 Å². The van der Waals surface area contributed by atoms with Gasteiger partial charge in [-0.1, -0.05) is 48.2 Å². The highest BCUT2D eigenvalue weighted by Crippen LogP contribution is 2.29. The summed E-state index contributed by atoms with van der Waals surface area (Å²) in [5.41, 5.74) is 3.14. The minimum Gasteiger partial charge on any atom is -0.361 e. The van der Waals surface area contributed by atoms with E-state index in [9.17, 15) is 14.0 Å². The van der Waals surface area contributed by atoms with E-state index in [1.165, 1.54) is 28.8 Å². The largest absolute Gasteiger partial charge is 0.361 e. The Bertz CT molecular complexity index is 1430. The molecule has 0 atom stereocenters. The van der Waals surface area contributed by atoms with Crippen LogP contribution in [-0.4, -0.2) is 27.7 Å². The number of amidine groups is 1. The normalized spacial score (nSPS) is 14.6. The van der Waals surface area contributed by atoms with Gasteiger partial charge in [0.1, 0.15) is 11.5 Å². The molecule has 168 valence electrons. The fraction of sp³-hybridized carbons (Fsp3) is 0.0385. The smallest absolute Gasteiger partial charge is 0.283 e. The van der Waals surface area contributed by atoms with Gasteiger partial charge < -0.3 is 10.3 Å². The SMILES string of the molecule is O=C(CSC1=N/C(=C\c2ccc(F)cc2)C(=O)N1c1ccccc1)Nc1ccc2cc[nH]c2c1. The molecule has 1 aliphatic heterocycles. The lowest BCUT2D eigenvalue weighted by atomic mass is 10.2. The summed E-state index contributed by atoms with van der Waals surface area (Å²) in [4.78, 5) is 34.9. The van der Waals surface area contributed by atoms with Gasteiger partial charge in [-0.05, 0) is 59.5 Å². The monoisotopic (exact) mass is 470 g/mol. The van der Waals surface area contributed by atoms with Crippen LogP contribution in [0.4, 0.5) is 15.8 Å². The predicted molar refractivity (Wildman–Crippen MR) is 135 cm³/mol. The number of carbonyl (C=O) groups excluding carboxylic acids is 2. The molecule has 0 fully saturated rings. The number of nitrogens with one attached hydrogen (secondary N) is 2. The van der Waals surface area contributed by atoms with Crippen molar-refractivity contribution in [3.8, 4) is 0 Å². The number of carbonyl (C=O) groups is 2. The van der Waals surface area contributed by atoms with Crippen molar-refractivity contribution in [1.29, 1.82) is 0 Å². The Balaban J connectivity index is 1.35. The molecule has 3 aromatic carbocycles. The van der Waals surface area contributed by atoms with Crippen molar-refractivity contribution in [2.45, 2.75) is 0 Å². The highest BCUT2D eigenvalue weighted by molar-refractivity contribution is 8.14. The Morgan fingerprint density at radius 2 is 1.85 bits per heavy atom. The summed E-state index contributed by atoms with van der Waals surface area (Å²) >= 11 is 1.17. The molecule has 0 spiro atoms. The second kappa shape index (κ2) is 9.36. The number of nitrogens with zero attached hydrogens (tertiary/aromatic N) is 2. The molecule has 2 N–H and O–H groups in total.